The fraction of sp³-hybridized carbons (Fsp3) is 0.211. The second-order valence-electron chi connectivity index (χ2n) is 5.74. The molecule has 0 atom stereocenters. The maximum atomic E-state index is 13.0. The van der Waals surface area contributed by atoms with Crippen molar-refractivity contribution in [2.45, 2.75) is 19.3 Å². The molecule has 0 heterocycles. The molecule has 5 nitrogen and oxygen atoms in total. The Kier molecular flexibility index (Phi) is 7.43. The zero-order valence-electron chi connectivity index (χ0n) is 14.2. The molecule has 0 fully saturated rings. The molecule has 0 radical (unpaired) electrons. The van der Waals surface area contributed by atoms with E-state index in [-0.39, 0.29) is 36.1 Å². The van der Waals surface area contributed by atoms with Gasteiger partial charge in [-0.15, -0.1) is 0 Å². The summed E-state index contributed by atoms with van der Waals surface area (Å²) in [6.07, 6.45) is 0.513. The molecule has 2 rings (SSSR count). The number of halogens is 3. The molecule has 0 saturated heterocycles. The zero-order chi connectivity index (χ0) is 19.8. The molecule has 0 aliphatic heterocycles. The fourth-order valence-corrected chi connectivity index (χ4v) is 2.42. The number of hydrogen-bond acceptors (Lipinski definition) is 3. The summed E-state index contributed by atoms with van der Waals surface area (Å²) in [5.74, 6) is -2.08. The minimum atomic E-state index is -0.599. The summed E-state index contributed by atoms with van der Waals surface area (Å²) in [7, 11) is 0. The standard InChI is InChI=1S/C19H17ClF2N2O3/c20-15-10-14(8-9-16(15)22)24-19(27)11-23-18(26)3-1-2-17(25)12-4-6-13(21)7-5-12/h4-10H,1-3,11H2,(H,23,26)(H,24,27). The first-order valence-corrected chi connectivity index (χ1v) is 8.53. The molecular formula is C19H17ClF2N2O3. The Labute approximate surface area is 159 Å². The van der Waals surface area contributed by atoms with E-state index in [9.17, 15) is 23.2 Å². The lowest BCUT2D eigenvalue weighted by Gasteiger charge is -2.07. The number of amides is 2. The molecule has 0 unspecified atom stereocenters. The van der Waals surface area contributed by atoms with Crippen LogP contribution in [0.15, 0.2) is 42.5 Å². The number of Topliss-reactive ketones (excluding diaryl/α,β-unsaturated/α-hetero) is 1. The van der Waals surface area contributed by atoms with Crippen molar-refractivity contribution in [1.82, 2.24) is 5.32 Å². The van der Waals surface area contributed by atoms with E-state index in [0.29, 0.717) is 17.7 Å². The summed E-state index contributed by atoms with van der Waals surface area (Å²) >= 11 is 5.62. The smallest absolute Gasteiger partial charge is 0.243 e. The quantitative estimate of drug-likeness (QED) is 0.670. The Morgan fingerprint density at radius 1 is 0.926 bits per heavy atom. The Bertz CT molecular complexity index is 841. The molecule has 0 aromatic heterocycles. The van der Waals surface area contributed by atoms with Crippen LogP contribution in [-0.4, -0.2) is 24.1 Å². The van der Waals surface area contributed by atoms with Gasteiger partial charge < -0.3 is 10.6 Å². The average molecular weight is 395 g/mol. The molecule has 0 aliphatic rings. The Balaban J connectivity index is 1.68. The second-order valence-corrected chi connectivity index (χ2v) is 6.14. The number of ketones is 1. The van der Waals surface area contributed by atoms with Gasteiger partial charge in [0, 0.05) is 24.1 Å². The van der Waals surface area contributed by atoms with Gasteiger partial charge in [0.25, 0.3) is 0 Å². The van der Waals surface area contributed by atoms with E-state index in [2.05, 4.69) is 10.6 Å². The lowest BCUT2D eigenvalue weighted by molar-refractivity contribution is -0.124. The number of hydrogen-bond donors (Lipinski definition) is 2. The largest absolute Gasteiger partial charge is 0.347 e. The summed E-state index contributed by atoms with van der Waals surface area (Å²) in [6.45, 7) is -0.264. The maximum Gasteiger partial charge on any atom is 0.243 e. The van der Waals surface area contributed by atoms with Gasteiger partial charge in [-0.1, -0.05) is 11.6 Å². The minimum absolute atomic E-state index is 0.0720. The number of carbonyl (C=O) groups excluding carboxylic acids is 3. The number of carbonyl (C=O) groups is 3. The van der Waals surface area contributed by atoms with E-state index in [4.69, 9.17) is 11.6 Å². The molecule has 2 amide bonds. The molecule has 8 heteroatoms. The highest BCUT2D eigenvalue weighted by molar-refractivity contribution is 6.31. The van der Waals surface area contributed by atoms with Crippen LogP contribution in [0, 0.1) is 11.6 Å². The fourth-order valence-electron chi connectivity index (χ4n) is 2.24. The van der Waals surface area contributed by atoms with Gasteiger partial charge in [0.05, 0.1) is 11.6 Å². The van der Waals surface area contributed by atoms with Crippen LogP contribution in [0.5, 0.6) is 0 Å². The summed E-state index contributed by atoms with van der Waals surface area (Å²) < 4.78 is 25.9. The van der Waals surface area contributed by atoms with Gasteiger partial charge in [-0.2, -0.15) is 0 Å². The lowest BCUT2D eigenvalue weighted by Crippen LogP contribution is -2.32. The lowest BCUT2D eigenvalue weighted by atomic mass is 10.1. The summed E-state index contributed by atoms with van der Waals surface area (Å²) in [4.78, 5) is 35.4. The van der Waals surface area contributed by atoms with Crippen molar-refractivity contribution in [2.75, 3.05) is 11.9 Å². The number of anilines is 1. The Morgan fingerprint density at radius 3 is 2.30 bits per heavy atom. The van der Waals surface area contributed by atoms with Crippen molar-refractivity contribution in [2.24, 2.45) is 0 Å². The van der Waals surface area contributed by atoms with Crippen LogP contribution in [0.3, 0.4) is 0 Å². The van der Waals surface area contributed by atoms with Crippen molar-refractivity contribution in [3.05, 3.63) is 64.7 Å². The van der Waals surface area contributed by atoms with E-state index >= 15 is 0 Å². The number of rotatable bonds is 8. The molecular weight excluding hydrogens is 378 g/mol. The van der Waals surface area contributed by atoms with Gasteiger partial charge in [0.15, 0.2) is 5.78 Å². The zero-order valence-corrected chi connectivity index (χ0v) is 15.0. The van der Waals surface area contributed by atoms with E-state index in [0.717, 1.165) is 6.07 Å². The predicted molar refractivity (Wildman–Crippen MR) is 97.6 cm³/mol. The van der Waals surface area contributed by atoms with E-state index in [1.54, 1.807) is 0 Å². The molecule has 2 N–H and O–H groups in total. The second kappa shape index (κ2) is 9.78. The van der Waals surface area contributed by atoms with Crippen molar-refractivity contribution in [1.29, 1.82) is 0 Å². The average Bonchev–Trinajstić information content (AvgIpc) is 2.63. The van der Waals surface area contributed by atoms with Crippen LogP contribution >= 0.6 is 11.6 Å². The third-order valence-electron chi connectivity index (χ3n) is 3.62. The van der Waals surface area contributed by atoms with E-state index in [1.165, 1.54) is 36.4 Å². The summed E-state index contributed by atoms with van der Waals surface area (Å²) in [5, 5.41) is 4.78. The van der Waals surface area contributed by atoms with Gasteiger partial charge >= 0.3 is 0 Å². The van der Waals surface area contributed by atoms with Gasteiger partial charge in [-0.3, -0.25) is 14.4 Å². The molecule has 0 aliphatic carbocycles. The van der Waals surface area contributed by atoms with Crippen LogP contribution in [0.4, 0.5) is 14.5 Å². The highest BCUT2D eigenvalue weighted by Gasteiger charge is 2.10. The van der Waals surface area contributed by atoms with Crippen LogP contribution in [0.2, 0.25) is 5.02 Å². The highest BCUT2D eigenvalue weighted by atomic mass is 35.5. The maximum absolute atomic E-state index is 13.0. The SMILES string of the molecule is O=C(CCCC(=O)c1ccc(F)cc1)NCC(=O)Nc1ccc(F)c(Cl)c1. The highest BCUT2D eigenvalue weighted by Crippen LogP contribution is 2.19. The topological polar surface area (TPSA) is 75.3 Å². The molecule has 0 saturated carbocycles. The Morgan fingerprint density at radius 2 is 1.63 bits per heavy atom. The number of nitrogens with one attached hydrogen (secondary N) is 2. The molecule has 0 spiro atoms. The molecule has 142 valence electrons. The molecule has 2 aromatic rings. The van der Waals surface area contributed by atoms with Crippen LogP contribution in [0.1, 0.15) is 29.6 Å². The molecule has 2 aromatic carbocycles. The predicted octanol–water partition coefficient (Wildman–Crippen LogP) is 3.73. The van der Waals surface area contributed by atoms with Gasteiger partial charge in [-0.25, -0.2) is 8.78 Å². The minimum Gasteiger partial charge on any atom is -0.347 e. The van der Waals surface area contributed by atoms with Crippen molar-refractivity contribution >= 4 is 34.9 Å². The van der Waals surface area contributed by atoms with Crippen LogP contribution in [-0.2, 0) is 9.59 Å². The van der Waals surface area contributed by atoms with Crippen LogP contribution in [0.25, 0.3) is 0 Å². The van der Waals surface area contributed by atoms with Gasteiger partial charge in [-0.05, 0) is 48.9 Å². The van der Waals surface area contributed by atoms with E-state index < -0.39 is 17.5 Å². The summed E-state index contributed by atoms with van der Waals surface area (Å²) in [6, 6.07) is 8.92. The normalized spacial score (nSPS) is 10.3. The van der Waals surface area contributed by atoms with Crippen molar-refractivity contribution in [3.63, 3.8) is 0 Å². The molecule has 27 heavy (non-hydrogen) atoms. The van der Waals surface area contributed by atoms with Gasteiger partial charge in [0.1, 0.15) is 11.6 Å². The first-order chi connectivity index (χ1) is 12.8. The van der Waals surface area contributed by atoms with Gasteiger partial charge in [0.2, 0.25) is 11.8 Å². The summed E-state index contributed by atoms with van der Waals surface area (Å²) in [5.41, 5.74) is 0.694. The van der Waals surface area contributed by atoms with E-state index in [1.807, 2.05) is 0 Å². The first-order valence-electron chi connectivity index (χ1n) is 8.15. The first kappa shape index (κ1) is 20.5. The number of benzene rings is 2. The van der Waals surface area contributed by atoms with Crippen molar-refractivity contribution in [3.8, 4) is 0 Å². The Hall–Kier alpha value is -2.80. The third kappa shape index (κ3) is 6.79. The van der Waals surface area contributed by atoms with Crippen LogP contribution < -0.4 is 10.6 Å². The third-order valence-corrected chi connectivity index (χ3v) is 3.91. The van der Waals surface area contributed by atoms with Crippen molar-refractivity contribution < 1.29 is 23.2 Å². The monoisotopic (exact) mass is 394 g/mol. The molecule has 0 bridgehead atoms.